The minimum Gasteiger partial charge on any atom is -0.496 e. The first kappa shape index (κ1) is 16.0. The lowest BCUT2D eigenvalue weighted by atomic mass is 10.2. The van der Waals surface area contributed by atoms with Crippen LogP contribution in [0.15, 0.2) is 46.9 Å². The molecule has 0 aliphatic heterocycles. The molecule has 23 heavy (non-hydrogen) atoms. The number of benzene rings is 2. The summed E-state index contributed by atoms with van der Waals surface area (Å²) in [6.45, 7) is 1.73. The second kappa shape index (κ2) is 7.62. The van der Waals surface area contributed by atoms with Crippen molar-refractivity contribution in [3.8, 4) is 5.75 Å². The Morgan fingerprint density at radius 3 is 2.91 bits per heavy atom. The molecule has 0 bridgehead atoms. The molecule has 0 atom stereocenters. The predicted molar refractivity (Wildman–Crippen MR) is 96.8 cm³/mol. The van der Waals surface area contributed by atoms with Gasteiger partial charge in [0.2, 0.25) is 0 Å². The summed E-state index contributed by atoms with van der Waals surface area (Å²) in [7, 11) is 1.70. The highest BCUT2D eigenvalue weighted by Gasteiger charge is 2.04. The summed E-state index contributed by atoms with van der Waals surface area (Å²) >= 11 is 3.50. The lowest BCUT2D eigenvalue weighted by Gasteiger charge is -2.10. The normalized spacial score (nSPS) is 11.0. The van der Waals surface area contributed by atoms with Gasteiger partial charge in [0.05, 0.1) is 18.1 Å². The average molecular weight is 374 g/mol. The van der Waals surface area contributed by atoms with Gasteiger partial charge in [-0.15, -0.1) is 0 Å². The van der Waals surface area contributed by atoms with Crippen LogP contribution in [0, 0.1) is 0 Å². The Hall–Kier alpha value is -1.85. The number of ether oxygens (including phenoxy) is 1. The maximum Gasteiger partial charge on any atom is 0.123 e. The van der Waals surface area contributed by atoms with Crippen molar-refractivity contribution in [2.24, 2.45) is 0 Å². The summed E-state index contributed by atoms with van der Waals surface area (Å²) < 4.78 is 6.45. The van der Waals surface area contributed by atoms with Crippen LogP contribution in [0.25, 0.3) is 11.0 Å². The van der Waals surface area contributed by atoms with Crippen molar-refractivity contribution in [3.63, 3.8) is 0 Å². The van der Waals surface area contributed by atoms with Crippen molar-refractivity contribution >= 4 is 27.0 Å². The highest BCUT2D eigenvalue weighted by molar-refractivity contribution is 9.10. The van der Waals surface area contributed by atoms with Crippen LogP contribution in [0.3, 0.4) is 0 Å². The van der Waals surface area contributed by atoms with E-state index in [2.05, 4.69) is 43.3 Å². The van der Waals surface area contributed by atoms with Gasteiger partial charge in [0.25, 0.3) is 0 Å². The Morgan fingerprint density at radius 1 is 1.22 bits per heavy atom. The van der Waals surface area contributed by atoms with E-state index in [1.165, 1.54) is 0 Å². The van der Waals surface area contributed by atoms with Gasteiger partial charge in [-0.25, -0.2) is 4.98 Å². The number of H-pyrrole nitrogens is 1. The minimum atomic E-state index is 0.794. The lowest BCUT2D eigenvalue weighted by molar-refractivity contribution is 0.407. The molecule has 2 aromatic carbocycles. The highest BCUT2D eigenvalue weighted by Crippen LogP contribution is 2.22. The van der Waals surface area contributed by atoms with Crippen LogP contribution in [-0.4, -0.2) is 23.6 Å². The third-order valence-corrected chi connectivity index (χ3v) is 4.26. The number of halogens is 1. The Bertz CT molecular complexity index is 752. The number of hydrogen-bond acceptors (Lipinski definition) is 3. The third kappa shape index (κ3) is 4.12. The maximum absolute atomic E-state index is 5.38. The van der Waals surface area contributed by atoms with Gasteiger partial charge in [-0.05, 0) is 43.3 Å². The molecule has 0 aliphatic rings. The molecule has 2 N–H and O–H groups in total. The largest absolute Gasteiger partial charge is 0.496 e. The summed E-state index contributed by atoms with van der Waals surface area (Å²) in [6.07, 6.45) is 1.98. The van der Waals surface area contributed by atoms with Gasteiger partial charge < -0.3 is 15.0 Å². The van der Waals surface area contributed by atoms with Gasteiger partial charge in [-0.2, -0.15) is 0 Å². The van der Waals surface area contributed by atoms with Crippen LogP contribution >= 0.6 is 15.9 Å². The molecule has 0 saturated carbocycles. The van der Waals surface area contributed by atoms with Crippen molar-refractivity contribution in [1.29, 1.82) is 0 Å². The monoisotopic (exact) mass is 373 g/mol. The summed E-state index contributed by atoms with van der Waals surface area (Å²) in [4.78, 5) is 7.96. The molecule has 120 valence electrons. The molecule has 0 radical (unpaired) electrons. The van der Waals surface area contributed by atoms with Crippen LogP contribution in [0.4, 0.5) is 0 Å². The van der Waals surface area contributed by atoms with Crippen LogP contribution in [0.5, 0.6) is 5.75 Å². The number of aromatic nitrogens is 2. The number of aryl methyl sites for hydroxylation is 1. The molecule has 0 unspecified atom stereocenters. The van der Waals surface area contributed by atoms with Crippen molar-refractivity contribution in [2.75, 3.05) is 13.7 Å². The molecule has 4 nitrogen and oxygen atoms in total. The molecule has 3 aromatic rings. The van der Waals surface area contributed by atoms with Crippen molar-refractivity contribution < 1.29 is 4.74 Å². The van der Waals surface area contributed by atoms with Crippen LogP contribution in [0.1, 0.15) is 17.8 Å². The lowest BCUT2D eigenvalue weighted by Crippen LogP contribution is -2.16. The number of aromatic amines is 1. The molecule has 1 heterocycles. The number of nitrogens with one attached hydrogen (secondary N) is 2. The molecule has 0 saturated heterocycles. The van der Waals surface area contributed by atoms with Gasteiger partial charge >= 0.3 is 0 Å². The number of methoxy groups -OCH3 is 1. The van der Waals surface area contributed by atoms with E-state index in [9.17, 15) is 0 Å². The van der Waals surface area contributed by atoms with E-state index < -0.39 is 0 Å². The second-order valence-electron chi connectivity index (χ2n) is 5.44. The molecule has 0 amide bonds. The first-order chi connectivity index (χ1) is 11.3. The number of hydrogen-bond donors (Lipinski definition) is 2. The average Bonchev–Trinajstić information content (AvgIpc) is 2.97. The fourth-order valence-corrected chi connectivity index (χ4v) is 3.02. The Morgan fingerprint density at radius 2 is 2.09 bits per heavy atom. The standard InChI is InChI=1S/C18H20BrN3O/c1-23-17-9-8-14(19)11-13(17)12-20-10-4-7-18-21-15-5-2-3-6-16(15)22-18/h2-3,5-6,8-9,11,20H,4,7,10,12H2,1H3,(H,21,22). The molecular weight excluding hydrogens is 354 g/mol. The van der Waals surface area contributed by atoms with Crippen molar-refractivity contribution in [1.82, 2.24) is 15.3 Å². The SMILES string of the molecule is COc1ccc(Br)cc1CNCCCc1nc2ccccc2[nH]1. The Balaban J connectivity index is 1.47. The molecule has 0 aliphatic carbocycles. The summed E-state index contributed by atoms with van der Waals surface area (Å²) in [5.74, 6) is 1.96. The van der Waals surface area contributed by atoms with Crippen LogP contribution < -0.4 is 10.1 Å². The Kier molecular flexibility index (Phi) is 5.31. The highest BCUT2D eigenvalue weighted by atomic mass is 79.9. The molecule has 0 fully saturated rings. The first-order valence-electron chi connectivity index (χ1n) is 7.73. The fourth-order valence-electron chi connectivity index (χ4n) is 2.61. The zero-order valence-corrected chi connectivity index (χ0v) is 14.7. The second-order valence-corrected chi connectivity index (χ2v) is 6.35. The summed E-state index contributed by atoms with van der Waals surface area (Å²) in [5.41, 5.74) is 3.30. The van der Waals surface area contributed by atoms with Crippen LogP contribution in [0.2, 0.25) is 0 Å². The van der Waals surface area contributed by atoms with E-state index in [4.69, 9.17) is 4.74 Å². The quantitative estimate of drug-likeness (QED) is 0.614. The number of nitrogens with zero attached hydrogens (tertiary/aromatic N) is 1. The van der Waals surface area contributed by atoms with E-state index in [0.29, 0.717) is 0 Å². The predicted octanol–water partition coefficient (Wildman–Crippen LogP) is 4.06. The fraction of sp³-hybridized carbons (Fsp3) is 0.278. The van der Waals surface area contributed by atoms with Crippen molar-refractivity contribution in [3.05, 3.63) is 58.3 Å². The van der Waals surface area contributed by atoms with E-state index >= 15 is 0 Å². The first-order valence-corrected chi connectivity index (χ1v) is 8.52. The minimum absolute atomic E-state index is 0.794. The third-order valence-electron chi connectivity index (χ3n) is 3.76. The molecular formula is C18H20BrN3O. The number of imidazole rings is 1. The number of fused-ring (bicyclic) bond motifs is 1. The zero-order chi connectivity index (χ0) is 16.1. The van der Waals surface area contributed by atoms with Crippen molar-refractivity contribution in [2.45, 2.75) is 19.4 Å². The Labute approximate surface area is 144 Å². The topological polar surface area (TPSA) is 49.9 Å². The van der Waals surface area contributed by atoms with Gasteiger partial charge in [-0.1, -0.05) is 28.1 Å². The summed E-state index contributed by atoms with van der Waals surface area (Å²) in [5, 5.41) is 3.47. The molecule has 3 rings (SSSR count). The molecule has 0 spiro atoms. The van der Waals surface area contributed by atoms with Gasteiger partial charge in [0, 0.05) is 23.0 Å². The summed E-state index contributed by atoms with van der Waals surface area (Å²) in [6, 6.07) is 14.2. The number of rotatable bonds is 7. The molecule has 1 aromatic heterocycles. The van der Waals surface area contributed by atoms with E-state index in [1.54, 1.807) is 7.11 Å². The van der Waals surface area contributed by atoms with E-state index in [1.807, 2.05) is 30.3 Å². The van der Waals surface area contributed by atoms with Gasteiger partial charge in [-0.3, -0.25) is 0 Å². The number of para-hydroxylation sites is 2. The van der Waals surface area contributed by atoms with Gasteiger partial charge in [0.15, 0.2) is 0 Å². The maximum atomic E-state index is 5.38. The molecule has 5 heteroatoms. The van der Waals surface area contributed by atoms with E-state index in [0.717, 1.165) is 58.6 Å². The zero-order valence-electron chi connectivity index (χ0n) is 13.1. The smallest absolute Gasteiger partial charge is 0.123 e. The van der Waals surface area contributed by atoms with Gasteiger partial charge in [0.1, 0.15) is 11.6 Å². The van der Waals surface area contributed by atoms with Crippen LogP contribution in [-0.2, 0) is 13.0 Å². The van der Waals surface area contributed by atoms with E-state index in [-0.39, 0.29) is 0 Å².